The van der Waals surface area contributed by atoms with Crippen LogP contribution in [0.15, 0.2) is 72.8 Å². The Labute approximate surface area is 158 Å². The SMILES string of the molecule is COc1cccc(-c2c(C)nc(Nc3cccc(O)c3)c3ccccc23)c1. The molecule has 3 aromatic carbocycles. The van der Waals surface area contributed by atoms with E-state index in [-0.39, 0.29) is 5.75 Å². The summed E-state index contributed by atoms with van der Waals surface area (Å²) >= 11 is 0. The average Bonchev–Trinajstić information content (AvgIpc) is 2.68. The maximum Gasteiger partial charge on any atom is 0.138 e. The minimum Gasteiger partial charge on any atom is -0.508 e. The fourth-order valence-electron chi connectivity index (χ4n) is 3.34. The summed E-state index contributed by atoms with van der Waals surface area (Å²) in [5.74, 6) is 1.80. The molecule has 0 spiro atoms. The van der Waals surface area contributed by atoms with Crippen LogP contribution in [0.1, 0.15) is 5.69 Å². The average molecular weight is 356 g/mol. The summed E-state index contributed by atoms with van der Waals surface area (Å²) in [6.07, 6.45) is 0. The Hall–Kier alpha value is -3.53. The van der Waals surface area contributed by atoms with E-state index in [0.29, 0.717) is 0 Å². The summed E-state index contributed by atoms with van der Waals surface area (Å²) in [4.78, 5) is 4.82. The van der Waals surface area contributed by atoms with Gasteiger partial charge in [0.05, 0.1) is 7.11 Å². The van der Waals surface area contributed by atoms with Crippen molar-refractivity contribution in [3.8, 4) is 22.6 Å². The lowest BCUT2D eigenvalue weighted by atomic mass is 9.97. The molecule has 4 aromatic rings. The quantitative estimate of drug-likeness (QED) is 0.495. The maximum atomic E-state index is 9.73. The van der Waals surface area contributed by atoms with E-state index < -0.39 is 0 Å². The van der Waals surface area contributed by atoms with Crippen molar-refractivity contribution in [2.45, 2.75) is 6.92 Å². The van der Waals surface area contributed by atoms with Crippen LogP contribution in [-0.4, -0.2) is 17.2 Å². The highest BCUT2D eigenvalue weighted by molar-refractivity contribution is 6.03. The number of phenols is 1. The monoisotopic (exact) mass is 356 g/mol. The number of benzene rings is 3. The number of methoxy groups -OCH3 is 1. The molecule has 0 saturated heterocycles. The van der Waals surface area contributed by atoms with E-state index in [0.717, 1.165) is 44.8 Å². The molecule has 0 bridgehead atoms. The molecule has 2 N–H and O–H groups in total. The predicted octanol–water partition coefficient (Wildman–Crippen LogP) is 5.67. The van der Waals surface area contributed by atoms with Crippen LogP contribution in [0, 0.1) is 6.92 Å². The van der Waals surface area contributed by atoms with Crippen molar-refractivity contribution in [2.24, 2.45) is 0 Å². The second-order valence-corrected chi connectivity index (χ2v) is 6.37. The number of fused-ring (bicyclic) bond motifs is 1. The van der Waals surface area contributed by atoms with E-state index in [1.54, 1.807) is 25.3 Å². The highest BCUT2D eigenvalue weighted by atomic mass is 16.5. The Morgan fingerprint density at radius 3 is 2.44 bits per heavy atom. The first-order valence-electron chi connectivity index (χ1n) is 8.75. The Morgan fingerprint density at radius 1 is 0.889 bits per heavy atom. The van der Waals surface area contributed by atoms with E-state index in [1.165, 1.54) is 0 Å². The highest BCUT2D eigenvalue weighted by Gasteiger charge is 2.14. The number of nitrogens with one attached hydrogen (secondary N) is 1. The number of nitrogens with zero attached hydrogens (tertiary/aromatic N) is 1. The lowest BCUT2D eigenvalue weighted by Gasteiger charge is -2.16. The zero-order valence-electron chi connectivity index (χ0n) is 15.2. The predicted molar refractivity (Wildman–Crippen MR) is 110 cm³/mol. The van der Waals surface area contributed by atoms with E-state index in [2.05, 4.69) is 23.5 Å². The summed E-state index contributed by atoms with van der Waals surface area (Å²) in [7, 11) is 1.67. The number of pyridine rings is 1. The van der Waals surface area contributed by atoms with Crippen LogP contribution < -0.4 is 10.1 Å². The zero-order valence-corrected chi connectivity index (χ0v) is 15.2. The van der Waals surface area contributed by atoms with Crippen molar-refractivity contribution >= 4 is 22.3 Å². The summed E-state index contributed by atoms with van der Waals surface area (Å²) in [6.45, 7) is 2.01. The van der Waals surface area contributed by atoms with E-state index in [1.807, 2.05) is 43.3 Å². The van der Waals surface area contributed by atoms with Gasteiger partial charge in [-0.3, -0.25) is 0 Å². The third kappa shape index (κ3) is 3.29. The van der Waals surface area contributed by atoms with Gasteiger partial charge in [0.15, 0.2) is 0 Å². The molecule has 0 atom stereocenters. The van der Waals surface area contributed by atoms with Crippen molar-refractivity contribution in [1.82, 2.24) is 4.98 Å². The first-order valence-corrected chi connectivity index (χ1v) is 8.75. The molecule has 4 heteroatoms. The van der Waals surface area contributed by atoms with Crippen molar-refractivity contribution in [3.05, 3.63) is 78.5 Å². The Bertz CT molecular complexity index is 1120. The van der Waals surface area contributed by atoms with Gasteiger partial charge in [0.1, 0.15) is 17.3 Å². The highest BCUT2D eigenvalue weighted by Crippen LogP contribution is 2.36. The van der Waals surface area contributed by atoms with Crippen molar-refractivity contribution < 1.29 is 9.84 Å². The smallest absolute Gasteiger partial charge is 0.138 e. The van der Waals surface area contributed by atoms with Crippen molar-refractivity contribution in [3.63, 3.8) is 0 Å². The Kier molecular flexibility index (Phi) is 4.38. The summed E-state index contributed by atoms with van der Waals surface area (Å²) in [5, 5.41) is 15.2. The van der Waals surface area contributed by atoms with Gasteiger partial charge in [-0.1, -0.05) is 42.5 Å². The van der Waals surface area contributed by atoms with Crippen LogP contribution in [0.4, 0.5) is 11.5 Å². The van der Waals surface area contributed by atoms with Crippen LogP contribution in [-0.2, 0) is 0 Å². The van der Waals surface area contributed by atoms with Gasteiger partial charge >= 0.3 is 0 Å². The second kappa shape index (κ2) is 7.00. The normalized spacial score (nSPS) is 10.7. The molecular formula is C23H20N2O2. The molecule has 0 aliphatic heterocycles. The summed E-state index contributed by atoms with van der Waals surface area (Å²) in [5.41, 5.74) is 3.87. The third-order valence-electron chi connectivity index (χ3n) is 4.56. The van der Waals surface area contributed by atoms with E-state index in [4.69, 9.17) is 9.72 Å². The zero-order chi connectivity index (χ0) is 18.8. The lowest BCUT2D eigenvalue weighted by molar-refractivity contribution is 0.415. The van der Waals surface area contributed by atoms with Gasteiger partial charge in [-0.2, -0.15) is 0 Å². The van der Waals surface area contributed by atoms with Gasteiger partial charge in [0.2, 0.25) is 0 Å². The van der Waals surface area contributed by atoms with Gasteiger partial charge in [-0.05, 0) is 42.1 Å². The van der Waals surface area contributed by atoms with Crippen LogP contribution in [0.25, 0.3) is 21.9 Å². The molecule has 1 heterocycles. The molecule has 0 aliphatic carbocycles. The van der Waals surface area contributed by atoms with E-state index >= 15 is 0 Å². The molecule has 4 nitrogen and oxygen atoms in total. The standard InChI is InChI=1S/C23H20N2O2/c1-15-22(16-7-5-10-19(13-16)27-2)20-11-3-4-12-21(20)23(24-15)25-17-8-6-9-18(26)14-17/h3-14,26H,1-2H3,(H,24,25). The minimum absolute atomic E-state index is 0.217. The van der Waals surface area contributed by atoms with Crippen LogP contribution in [0.3, 0.4) is 0 Å². The Balaban J connectivity index is 1.89. The number of ether oxygens (including phenoxy) is 1. The molecule has 0 radical (unpaired) electrons. The first kappa shape index (κ1) is 16.9. The summed E-state index contributed by atoms with van der Waals surface area (Å²) < 4.78 is 5.39. The molecule has 27 heavy (non-hydrogen) atoms. The molecule has 1 aromatic heterocycles. The number of anilines is 2. The van der Waals surface area contributed by atoms with Crippen LogP contribution in [0.2, 0.25) is 0 Å². The van der Waals surface area contributed by atoms with Crippen molar-refractivity contribution in [2.75, 3.05) is 12.4 Å². The number of aryl methyl sites for hydroxylation is 1. The number of aromatic hydroxyl groups is 1. The Morgan fingerprint density at radius 2 is 1.67 bits per heavy atom. The van der Waals surface area contributed by atoms with Gasteiger partial charge < -0.3 is 15.2 Å². The van der Waals surface area contributed by atoms with Crippen LogP contribution >= 0.6 is 0 Å². The number of hydrogen-bond donors (Lipinski definition) is 2. The third-order valence-corrected chi connectivity index (χ3v) is 4.56. The molecule has 0 unspecified atom stereocenters. The van der Waals surface area contributed by atoms with Crippen LogP contribution in [0.5, 0.6) is 11.5 Å². The summed E-state index contributed by atoms with van der Waals surface area (Å²) in [6, 6.07) is 23.2. The fraction of sp³-hybridized carbons (Fsp3) is 0.0870. The number of aromatic nitrogens is 1. The van der Waals surface area contributed by atoms with E-state index in [9.17, 15) is 5.11 Å². The molecule has 4 rings (SSSR count). The van der Waals surface area contributed by atoms with Gasteiger partial charge in [-0.25, -0.2) is 4.98 Å². The second-order valence-electron chi connectivity index (χ2n) is 6.37. The molecule has 134 valence electrons. The number of phenolic OH excluding ortho intramolecular Hbond substituents is 1. The topological polar surface area (TPSA) is 54.4 Å². The van der Waals surface area contributed by atoms with Gasteiger partial charge in [0.25, 0.3) is 0 Å². The largest absolute Gasteiger partial charge is 0.508 e. The lowest BCUT2D eigenvalue weighted by Crippen LogP contribution is -1.99. The first-order chi connectivity index (χ1) is 13.2. The van der Waals surface area contributed by atoms with Gasteiger partial charge in [-0.15, -0.1) is 0 Å². The molecular weight excluding hydrogens is 336 g/mol. The van der Waals surface area contributed by atoms with Gasteiger partial charge in [0, 0.05) is 28.4 Å². The maximum absolute atomic E-state index is 9.73. The fourth-order valence-corrected chi connectivity index (χ4v) is 3.34. The molecule has 0 aliphatic rings. The molecule has 0 amide bonds. The molecule has 0 fully saturated rings. The number of rotatable bonds is 4. The molecule has 0 saturated carbocycles. The van der Waals surface area contributed by atoms with Crippen molar-refractivity contribution in [1.29, 1.82) is 0 Å². The number of hydrogen-bond acceptors (Lipinski definition) is 4. The minimum atomic E-state index is 0.217.